The van der Waals surface area contributed by atoms with Gasteiger partial charge in [0, 0.05) is 6.42 Å². The fraction of sp³-hybridized carbons (Fsp3) is 0.875. The lowest BCUT2D eigenvalue weighted by Gasteiger charge is -2.32. The first-order valence-corrected chi connectivity index (χ1v) is 16.4. The average Bonchev–Trinajstić information content (AvgIpc) is 3.77. The maximum absolute atomic E-state index is 12.2. The molecule has 49 heavy (non-hydrogen) atoms. The van der Waals surface area contributed by atoms with E-state index in [-0.39, 0.29) is 91.7 Å². The predicted octanol–water partition coefficient (Wildman–Crippen LogP) is 9.19. The summed E-state index contributed by atoms with van der Waals surface area (Å²) in [5.74, 6) is 3.63. The van der Waals surface area contributed by atoms with Crippen LogP contribution in [0.5, 0.6) is 0 Å². The van der Waals surface area contributed by atoms with Gasteiger partial charge in [0.15, 0.2) is 0 Å². The van der Waals surface area contributed by atoms with E-state index in [2.05, 4.69) is 32.4 Å². The number of esters is 5. The van der Waals surface area contributed by atoms with Gasteiger partial charge >= 0.3 is 29.8 Å². The Kier molecular flexibility index (Phi) is 20.6. The lowest BCUT2D eigenvalue weighted by Crippen LogP contribution is -2.35. The Hall–Kier alpha value is -2.45. The molecular weight excluding hydrogens is 624 g/mol. The molecule has 6 fully saturated rings. The van der Waals surface area contributed by atoms with Crippen LogP contribution in [0.2, 0.25) is 0 Å². The number of hydrogen-bond acceptors (Lipinski definition) is 9. The van der Waals surface area contributed by atoms with Crippen molar-refractivity contribution in [2.75, 3.05) is 6.61 Å². The topological polar surface area (TPSA) is 122 Å². The van der Waals surface area contributed by atoms with Crippen LogP contribution in [-0.2, 0) is 42.9 Å². The number of carbonyl (C=O) groups excluding carboxylic acids is 5. The fourth-order valence-corrected chi connectivity index (χ4v) is 8.31. The van der Waals surface area contributed by atoms with Crippen molar-refractivity contribution in [3.05, 3.63) is 0 Å². The smallest absolute Gasteiger partial charge is 0.347 e. The summed E-state index contributed by atoms with van der Waals surface area (Å²) < 4.78 is 20.0. The van der Waals surface area contributed by atoms with Crippen molar-refractivity contribution in [3.63, 3.8) is 0 Å². The summed E-state index contributed by atoms with van der Waals surface area (Å²) in [6, 6.07) is 0. The molecule has 0 radical (unpaired) electrons. The van der Waals surface area contributed by atoms with Crippen LogP contribution in [0.15, 0.2) is 0 Å². The van der Waals surface area contributed by atoms with Gasteiger partial charge in [-0.2, -0.15) is 0 Å². The van der Waals surface area contributed by atoms with Gasteiger partial charge in [0.2, 0.25) is 6.10 Å². The van der Waals surface area contributed by atoms with Gasteiger partial charge < -0.3 is 18.9 Å². The molecule has 13 unspecified atom stereocenters. The van der Waals surface area contributed by atoms with Gasteiger partial charge in [0.05, 0.1) is 30.3 Å². The third-order valence-corrected chi connectivity index (χ3v) is 11.6. The first-order chi connectivity index (χ1) is 20.0. The van der Waals surface area contributed by atoms with E-state index in [4.69, 9.17) is 14.2 Å². The Morgan fingerprint density at radius 3 is 1.31 bits per heavy atom. The molecule has 290 valence electrons. The normalized spacial score (nSPS) is 37.2. The SMILES string of the molecule is C.C.C.C.C.C.CC1C(=O)OC(=O)C1C.CC1C2CC(C(=O)OC(C)(C)C)C(C2)C1C.CC1C2CC(C(=O)OC3CCOC3=O)C(C2)C1C. The van der Waals surface area contributed by atoms with E-state index in [1.165, 1.54) is 6.42 Å². The molecule has 0 aromatic rings. The van der Waals surface area contributed by atoms with Gasteiger partial charge in [-0.3, -0.25) is 19.2 Å². The van der Waals surface area contributed by atoms with Crippen molar-refractivity contribution in [3.8, 4) is 0 Å². The Bertz CT molecular complexity index is 1070. The zero-order valence-corrected chi connectivity index (χ0v) is 27.4. The Balaban J connectivity index is -0.000000637. The number of ether oxygens (including phenoxy) is 4. The van der Waals surface area contributed by atoms with Crippen LogP contribution in [0.1, 0.15) is 139 Å². The van der Waals surface area contributed by atoms with E-state index in [9.17, 15) is 24.0 Å². The van der Waals surface area contributed by atoms with E-state index < -0.39 is 18.0 Å². The molecule has 2 aliphatic heterocycles. The molecule has 0 aromatic carbocycles. The van der Waals surface area contributed by atoms with E-state index >= 15 is 0 Å². The first-order valence-electron chi connectivity index (χ1n) is 16.4. The highest BCUT2D eigenvalue weighted by atomic mass is 16.6. The van der Waals surface area contributed by atoms with Crippen molar-refractivity contribution in [2.45, 2.75) is 151 Å². The highest BCUT2D eigenvalue weighted by Gasteiger charge is 2.53. The Morgan fingerprint density at radius 2 is 1.02 bits per heavy atom. The highest BCUT2D eigenvalue weighted by molar-refractivity contribution is 5.95. The highest BCUT2D eigenvalue weighted by Crippen LogP contribution is 2.56. The second-order valence-electron chi connectivity index (χ2n) is 15.2. The molecule has 9 nitrogen and oxygen atoms in total. The maximum atomic E-state index is 12.2. The molecule has 2 saturated heterocycles. The number of fused-ring (bicyclic) bond motifs is 4. The van der Waals surface area contributed by atoms with Gasteiger partial charge in [-0.15, -0.1) is 0 Å². The number of hydrogen-bond donors (Lipinski definition) is 0. The van der Waals surface area contributed by atoms with Crippen LogP contribution >= 0.6 is 0 Å². The van der Waals surface area contributed by atoms with Gasteiger partial charge in [-0.25, -0.2) is 4.79 Å². The van der Waals surface area contributed by atoms with Gasteiger partial charge in [-0.1, -0.05) is 86.1 Å². The molecule has 0 N–H and O–H groups in total. The number of rotatable bonds is 3. The second kappa shape index (κ2) is 19.8. The van der Waals surface area contributed by atoms with Crippen molar-refractivity contribution in [1.29, 1.82) is 0 Å². The van der Waals surface area contributed by atoms with Crippen molar-refractivity contribution in [1.82, 2.24) is 0 Å². The largest absolute Gasteiger partial charge is 0.463 e. The summed E-state index contributed by atoms with van der Waals surface area (Å²) >= 11 is 0. The fourth-order valence-electron chi connectivity index (χ4n) is 8.31. The third kappa shape index (κ3) is 11.0. The second-order valence-corrected chi connectivity index (χ2v) is 15.2. The molecule has 4 saturated carbocycles. The van der Waals surface area contributed by atoms with E-state index in [0.717, 1.165) is 37.0 Å². The van der Waals surface area contributed by atoms with Crippen LogP contribution < -0.4 is 0 Å². The number of carbonyl (C=O) groups is 5. The molecule has 6 rings (SSSR count). The summed E-state index contributed by atoms with van der Waals surface area (Å²) in [5, 5.41) is 0. The minimum Gasteiger partial charge on any atom is -0.463 e. The minimum atomic E-state index is -0.649. The molecule has 0 amide bonds. The quantitative estimate of drug-likeness (QED) is 0.161. The molecule has 6 aliphatic rings. The molecule has 2 heterocycles. The molecule has 9 heteroatoms. The minimum absolute atomic E-state index is 0. The van der Waals surface area contributed by atoms with Crippen molar-refractivity contribution in [2.24, 2.45) is 71.0 Å². The van der Waals surface area contributed by atoms with Crippen LogP contribution in [0, 0.1) is 71.0 Å². The summed E-state index contributed by atoms with van der Waals surface area (Å²) in [5.41, 5.74) is -0.340. The Labute approximate surface area is 300 Å². The van der Waals surface area contributed by atoms with Crippen LogP contribution in [-0.4, -0.2) is 48.2 Å². The number of cyclic esters (lactones) is 3. The van der Waals surface area contributed by atoms with E-state index in [1.54, 1.807) is 13.8 Å². The summed E-state index contributed by atoms with van der Waals surface area (Å²) in [6.07, 6.45) is 4.26. The standard InChI is InChI=1S/C14H20O4.C14H24O2.C6H8O3.6CH4/c1-7-8(2)10-5-9(7)6-11(10)13(15)18-12-3-4-17-14(12)16;1-8-9(2)11-6-10(8)7-12(11)13(15)16-14(3,4)5;1-3-4(2)6(8)9-5(3)7;;;;;;/h7-12H,3-6H2,1-2H3;8-12H,6-7H2,1-5H3;3-4H,1-2H3;6*1H4. The molecule has 13 atom stereocenters. The van der Waals surface area contributed by atoms with Crippen LogP contribution in [0.25, 0.3) is 0 Å². The lowest BCUT2D eigenvalue weighted by atomic mass is 9.76. The lowest BCUT2D eigenvalue weighted by molar-refractivity contribution is -0.165. The average molecular weight is 701 g/mol. The molecule has 4 aliphatic carbocycles. The van der Waals surface area contributed by atoms with E-state index in [0.29, 0.717) is 42.6 Å². The third-order valence-electron chi connectivity index (χ3n) is 11.6. The first kappa shape index (κ1) is 50.9. The molecule has 0 aromatic heterocycles. The van der Waals surface area contributed by atoms with Gasteiger partial charge in [-0.05, 0) is 93.8 Å². The van der Waals surface area contributed by atoms with Gasteiger partial charge in [0.25, 0.3) is 0 Å². The summed E-state index contributed by atoms with van der Waals surface area (Å²) in [6.45, 7) is 18.8. The van der Waals surface area contributed by atoms with Gasteiger partial charge in [0.1, 0.15) is 5.60 Å². The predicted molar refractivity (Wildman–Crippen MR) is 197 cm³/mol. The Morgan fingerprint density at radius 1 is 0.612 bits per heavy atom. The molecular formula is C40H76O9. The van der Waals surface area contributed by atoms with E-state index in [1.807, 2.05) is 20.8 Å². The zero-order valence-electron chi connectivity index (χ0n) is 27.4. The monoisotopic (exact) mass is 701 g/mol. The summed E-state index contributed by atoms with van der Waals surface area (Å²) in [7, 11) is 0. The van der Waals surface area contributed by atoms with Crippen molar-refractivity contribution >= 4 is 29.8 Å². The maximum Gasteiger partial charge on any atom is 0.347 e. The molecule has 0 spiro atoms. The zero-order chi connectivity index (χ0) is 32.0. The van der Waals surface area contributed by atoms with Crippen LogP contribution in [0.3, 0.4) is 0 Å². The van der Waals surface area contributed by atoms with Crippen molar-refractivity contribution < 1.29 is 42.9 Å². The molecule has 4 bridgehead atoms. The van der Waals surface area contributed by atoms with Crippen LogP contribution in [0.4, 0.5) is 0 Å². The summed E-state index contributed by atoms with van der Waals surface area (Å²) in [4.78, 5) is 56.6.